The molecule has 0 N–H and O–H groups in total. The summed E-state index contributed by atoms with van der Waals surface area (Å²) < 4.78 is 15.9. The van der Waals surface area contributed by atoms with E-state index in [0.717, 1.165) is 12.8 Å². The van der Waals surface area contributed by atoms with Crippen molar-refractivity contribution in [3.8, 4) is 0 Å². The van der Waals surface area contributed by atoms with Crippen molar-refractivity contribution in [3.05, 3.63) is 23.3 Å². The van der Waals surface area contributed by atoms with Gasteiger partial charge in [0.1, 0.15) is 6.61 Å². The summed E-state index contributed by atoms with van der Waals surface area (Å²) in [4.78, 5) is 11.7. The van der Waals surface area contributed by atoms with Gasteiger partial charge in [-0.15, -0.1) is 0 Å². The summed E-state index contributed by atoms with van der Waals surface area (Å²) >= 11 is 0. The second-order valence-corrected chi connectivity index (χ2v) is 5.56. The monoisotopic (exact) mass is 282 g/mol. The molecule has 20 heavy (non-hydrogen) atoms. The molecule has 1 fully saturated rings. The van der Waals surface area contributed by atoms with Crippen LogP contribution in [0.15, 0.2) is 23.3 Å². The number of esters is 1. The Labute approximate surface area is 121 Å². The number of carbonyl (C=O) groups excluding carboxylic acids is 1. The van der Waals surface area contributed by atoms with Crippen LogP contribution in [0.3, 0.4) is 0 Å². The van der Waals surface area contributed by atoms with Crippen molar-refractivity contribution < 1.29 is 19.0 Å². The number of hydrogen-bond acceptors (Lipinski definition) is 4. The zero-order valence-corrected chi connectivity index (χ0v) is 13.0. The van der Waals surface area contributed by atoms with Crippen LogP contribution in [-0.2, 0) is 19.0 Å². The van der Waals surface area contributed by atoms with Gasteiger partial charge in [-0.2, -0.15) is 0 Å². The SMILES string of the molecule is CC(C)=CCC/C(C)=C\COC(=O)CC1(C)OCCO1. The molecular formula is C16H26O4. The summed E-state index contributed by atoms with van der Waals surface area (Å²) in [7, 11) is 0. The van der Waals surface area contributed by atoms with Crippen LogP contribution in [0.25, 0.3) is 0 Å². The van der Waals surface area contributed by atoms with Crippen LogP contribution in [0.1, 0.15) is 47.0 Å². The van der Waals surface area contributed by atoms with Gasteiger partial charge in [0, 0.05) is 0 Å². The highest BCUT2D eigenvalue weighted by Crippen LogP contribution is 2.22. The Morgan fingerprint density at radius 2 is 1.85 bits per heavy atom. The van der Waals surface area contributed by atoms with Crippen LogP contribution in [-0.4, -0.2) is 31.6 Å². The Morgan fingerprint density at radius 1 is 1.20 bits per heavy atom. The molecule has 0 bridgehead atoms. The molecule has 1 rings (SSSR count). The van der Waals surface area contributed by atoms with Crippen LogP contribution in [0.5, 0.6) is 0 Å². The third-order valence-corrected chi connectivity index (χ3v) is 3.13. The van der Waals surface area contributed by atoms with Crippen molar-refractivity contribution >= 4 is 5.97 Å². The summed E-state index contributed by atoms with van der Waals surface area (Å²) in [6.45, 7) is 9.39. The van der Waals surface area contributed by atoms with Crippen molar-refractivity contribution in [3.63, 3.8) is 0 Å². The molecule has 0 aliphatic carbocycles. The maximum atomic E-state index is 11.7. The van der Waals surface area contributed by atoms with E-state index >= 15 is 0 Å². The molecule has 4 heteroatoms. The number of hydrogen-bond donors (Lipinski definition) is 0. The van der Waals surface area contributed by atoms with E-state index in [-0.39, 0.29) is 12.4 Å². The Morgan fingerprint density at radius 3 is 2.45 bits per heavy atom. The van der Waals surface area contributed by atoms with Crippen molar-refractivity contribution in [2.45, 2.75) is 52.7 Å². The zero-order chi connectivity index (χ0) is 15.0. The summed E-state index contributed by atoms with van der Waals surface area (Å²) in [5, 5.41) is 0. The summed E-state index contributed by atoms with van der Waals surface area (Å²) in [6, 6.07) is 0. The Bertz CT molecular complexity index is 372. The first-order valence-electron chi connectivity index (χ1n) is 7.14. The molecule has 114 valence electrons. The number of ether oxygens (including phenoxy) is 3. The number of rotatable bonds is 7. The number of allylic oxidation sites excluding steroid dienone is 3. The van der Waals surface area contributed by atoms with Gasteiger partial charge in [-0.05, 0) is 46.6 Å². The summed E-state index contributed by atoms with van der Waals surface area (Å²) in [6.07, 6.45) is 6.32. The molecule has 0 aromatic heterocycles. The molecule has 4 nitrogen and oxygen atoms in total. The highest BCUT2D eigenvalue weighted by Gasteiger charge is 2.34. The fraction of sp³-hybridized carbons (Fsp3) is 0.688. The van der Waals surface area contributed by atoms with E-state index in [0.29, 0.717) is 19.8 Å². The second-order valence-electron chi connectivity index (χ2n) is 5.56. The molecule has 0 aromatic carbocycles. The van der Waals surface area contributed by atoms with E-state index in [1.54, 1.807) is 6.92 Å². The molecule has 0 aromatic rings. The van der Waals surface area contributed by atoms with Crippen LogP contribution in [0.4, 0.5) is 0 Å². The Hall–Kier alpha value is -1.13. The average Bonchev–Trinajstić information content (AvgIpc) is 2.75. The first kappa shape index (κ1) is 16.9. The fourth-order valence-electron chi connectivity index (χ4n) is 1.94. The van der Waals surface area contributed by atoms with Crippen molar-refractivity contribution in [1.82, 2.24) is 0 Å². The highest BCUT2D eigenvalue weighted by atomic mass is 16.7. The molecule has 0 spiro atoms. The molecule has 1 aliphatic heterocycles. The molecule has 1 saturated heterocycles. The van der Waals surface area contributed by atoms with E-state index in [1.807, 2.05) is 6.08 Å². The van der Waals surface area contributed by atoms with Gasteiger partial charge in [0.05, 0.1) is 19.6 Å². The fourth-order valence-corrected chi connectivity index (χ4v) is 1.94. The summed E-state index contributed by atoms with van der Waals surface area (Å²) in [5.74, 6) is -1.10. The number of carbonyl (C=O) groups is 1. The third kappa shape index (κ3) is 6.87. The predicted molar refractivity (Wildman–Crippen MR) is 78.3 cm³/mol. The first-order chi connectivity index (χ1) is 9.41. The van der Waals surface area contributed by atoms with Gasteiger partial charge in [-0.3, -0.25) is 4.79 Å². The van der Waals surface area contributed by atoms with Gasteiger partial charge in [0.25, 0.3) is 0 Å². The molecule has 0 unspecified atom stereocenters. The molecule has 0 radical (unpaired) electrons. The smallest absolute Gasteiger partial charge is 0.311 e. The van der Waals surface area contributed by atoms with Gasteiger partial charge < -0.3 is 14.2 Å². The van der Waals surface area contributed by atoms with E-state index in [9.17, 15) is 4.79 Å². The van der Waals surface area contributed by atoms with Gasteiger partial charge in [0.2, 0.25) is 0 Å². The third-order valence-electron chi connectivity index (χ3n) is 3.13. The minimum Gasteiger partial charge on any atom is -0.461 e. The Kier molecular flexibility index (Phi) is 6.96. The lowest BCUT2D eigenvalue weighted by atomic mass is 10.1. The summed E-state index contributed by atoms with van der Waals surface area (Å²) in [5.41, 5.74) is 2.56. The lowest BCUT2D eigenvalue weighted by molar-refractivity contribution is -0.173. The maximum absolute atomic E-state index is 11.7. The minimum atomic E-state index is -0.806. The second kappa shape index (κ2) is 8.22. The zero-order valence-electron chi connectivity index (χ0n) is 13.0. The van der Waals surface area contributed by atoms with Crippen LogP contribution in [0.2, 0.25) is 0 Å². The first-order valence-corrected chi connectivity index (χ1v) is 7.14. The molecule has 0 saturated carbocycles. The predicted octanol–water partition coefficient (Wildman–Crippen LogP) is 3.38. The van der Waals surface area contributed by atoms with Gasteiger partial charge >= 0.3 is 5.97 Å². The lowest BCUT2D eigenvalue weighted by Gasteiger charge is -2.20. The molecule has 1 aliphatic rings. The molecular weight excluding hydrogens is 256 g/mol. The van der Waals surface area contributed by atoms with E-state index in [2.05, 4.69) is 26.8 Å². The lowest BCUT2D eigenvalue weighted by Crippen LogP contribution is -2.30. The highest BCUT2D eigenvalue weighted by molar-refractivity contribution is 5.70. The van der Waals surface area contributed by atoms with E-state index in [1.165, 1.54) is 11.1 Å². The normalized spacial score (nSPS) is 17.9. The van der Waals surface area contributed by atoms with Crippen LogP contribution >= 0.6 is 0 Å². The molecule has 1 heterocycles. The van der Waals surface area contributed by atoms with Crippen LogP contribution < -0.4 is 0 Å². The quantitative estimate of drug-likeness (QED) is 0.530. The van der Waals surface area contributed by atoms with Gasteiger partial charge in [-0.1, -0.05) is 17.2 Å². The standard InChI is InChI=1S/C16H26O4/c1-13(2)6-5-7-14(3)8-9-18-15(17)12-16(4)19-10-11-20-16/h6,8H,5,7,9-12H2,1-4H3/b14-8-. The Balaban J connectivity index is 2.21. The van der Waals surface area contributed by atoms with Crippen LogP contribution in [0, 0.1) is 0 Å². The van der Waals surface area contributed by atoms with Gasteiger partial charge in [-0.25, -0.2) is 0 Å². The van der Waals surface area contributed by atoms with Crippen molar-refractivity contribution in [2.75, 3.05) is 19.8 Å². The average molecular weight is 282 g/mol. The van der Waals surface area contributed by atoms with Gasteiger partial charge in [0.15, 0.2) is 5.79 Å². The molecule has 0 atom stereocenters. The molecule has 0 amide bonds. The minimum absolute atomic E-state index is 0.137. The van der Waals surface area contributed by atoms with Crippen molar-refractivity contribution in [1.29, 1.82) is 0 Å². The van der Waals surface area contributed by atoms with E-state index in [4.69, 9.17) is 14.2 Å². The van der Waals surface area contributed by atoms with E-state index < -0.39 is 5.79 Å². The topological polar surface area (TPSA) is 44.8 Å². The maximum Gasteiger partial charge on any atom is 0.311 e. The van der Waals surface area contributed by atoms with Crippen molar-refractivity contribution in [2.24, 2.45) is 0 Å². The largest absolute Gasteiger partial charge is 0.461 e.